The number of aliphatic hydroxyl groups is 1. The molecule has 1 amide bonds. The lowest BCUT2D eigenvalue weighted by atomic mass is 9.86. The molecule has 0 radical (unpaired) electrons. The molecule has 2 aromatic carbocycles. The average molecular weight is 445 g/mol. The van der Waals surface area contributed by atoms with E-state index in [0.717, 1.165) is 11.1 Å². The van der Waals surface area contributed by atoms with Crippen LogP contribution in [0.1, 0.15) is 37.3 Å². The molecule has 0 unspecified atom stereocenters. The van der Waals surface area contributed by atoms with Crippen molar-refractivity contribution in [1.82, 2.24) is 9.62 Å². The zero-order chi connectivity index (χ0) is 22.3. The molecular formula is C24H32N2O4S. The summed E-state index contributed by atoms with van der Waals surface area (Å²) in [6.45, 7) is 2.57. The van der Waals surface area contributed by atoms with Crippen molar-refractivity contribution in [1.29, 1.82) is 0 Å². The Morgan fingerprint density at radius 3 is 2.42 bits per heavy atom. The van der Waals surface area contributed by atoms with Crippen LogP contribution in [0.5, 0.6) is 0 Å². The summed E-state index contributed by atoms with van der Waals surface area (Å²) in [7, 11) is -3.32. The van der Waals surface area contributed by atoms with Gasteiger partial charge in [-0.25, -0.2) is 12.7 Å². The number of carbonyl (C=O) groups excluding carboxylic acids is 1. The molecule has 2 N–H and O–H groups in total. The van der Waals surface area contributed by atoms with Crippen LogP contribution in [0, 0.1) is 5.92 Å². The number of rotatable bonds is 9. The van der Waals surface area contributed by atoms with Crippen LogP contribution in [0.2, 0.25) is 0 Å². The van der Waals surface area contributed by atoms with Crippen molar-refractivity contribution >= 4 is 15.9 Å². The molecule has 1 fully saturated rings. The van der Waals surface area contributed by atoms with Gasteiger partial charge in [-0.05, 0) is 30.4 Å². The monoisotopic (exact) mass is 444 g/mol. The molecule has 2 aromatic rings. The Kier molecular flexibility index (Phi) is 7.86. The molecule has 1 aliphatic heterocycles. The normalized spacial score (nSPS) is 19.5. The number of sulfonamides is 1. The van der Waals surface area contributed by atoms with E-state index in [9.17, 15) is 18.3 Å². The van der Waals surface area contributed by atoms with E-state index in [1.807, 2.05) is 67.6 Å². The van der Waals surface area contributed by atoms with Crippen LogP contribution in [0.3, 0.4) is 0 Å². The first-order valence-electron chi connectivity index (χ1n) is 10.9. The molecule has 0 aromatic heterocycles. The molecule has 1 heterocycles. The van der Waals surface area contributed by atoms with Gasteiger partial charge in [0.1, 0.15) is 5.60 Å². The highest BCUT2D eigenvalue weighted by Gasteiger charge is 2.34. The smallest absolute Gasteiger partial charge is 0.224 e. The van der Waals surface area contributed by atoms with Gasteiger partial charge in [-0.15, -0.1) is 0 Å². The summed E-state index contributed by atoms with van der Waals surface area (Å²) >= 11 is 0. The standard InChI is InChI=1S/C24H32N2O4S/c1-2-16-31(29,30)26-15-9-12-21(18-26)23(27)25-19-24(28,22-13-7-4-8-14-22)17-20-10-5-3-6-11-20/h3-8,10-11,13-14,21,28H,2,9,12,15-19H2,1H3,(H,25,27)/t21-,24-/m0/s1. The largest absolute Gasteiger partial charge is 0.383 e. The van der Waals surface area contributed by atoms with Crippen molar-refractivity contribution in [2.45, 2.75) is 38.2 Å². The van der Waals surface area contributed by atoms with E-state index in [4.69, 9.17) is 0 Å². The summed E-state index contributed by atoms with van der Waals surface area (Å²) in [6, 6.07) is 19.0. The lowest BCUT2D eigenvalue weighted by Gasteiger charge is -2.33. The van der Waals surface area contributed by atoms with Crippen molar-refractivity contribution in [2.75, 3.05) is 25.4 Å². The molecule has 0 saturated carbocycles. The molecule has 1 saturated heterocycles. The molecular weight excluding hydrogens is 412 g/mol. The van der Waals surface area contributed by atoms with Gasteiger partial charge < -0.3 is 10.4 Å². The lowest BCUT2D eigenvalue weighted by molar-refractivity contribution is -0.127. The van der Waals surface area contributed by atoms with Crippen LogP contribution in [0.25, 0.3) is 0 Å². The van der Waals surface area contributed by atoms with E-state index in [-0.39, 0.29) is 24.7 Å². The summed E-state index contributed by atoms with van der Waals surface area (Å²) in [5.74, 6) is -0.512. The Balaban J connectivity index is 1.70. The zero-order valence-corrected chi connectivity index (χ0v) is 18.9. The first-order valence-corrected chi connectivity index (χ1v) is 12.5. The minimum Gasteiger partial charge on any atom is -0.383 e. The molecule has 2 atom stereocenters. The first-order chi connectivity index (χ1) is 14.8. The van der Waals surface area contributed by atoms with Crippen LogP contribution in [-0.2, 0) is 26.8 Å². The number of hydrogen-bond donors (Lipinski definition) is 2. The maximum absolute atomic E-state index is 12.9. The summed E-state index contributed by atoms with van der Waals surface area (Å²) < 4.78 is 26.3. The molecule has 0 spiro atoms. The highest BCUT2D eigenvalue weighted by atomic mass is 32.2. The molecule has 168 valence electrons. The third-order valence-corrected chi connectivity index (χ3v) is 7.86. The van der Waals surface area contributed by atoms with E-state index in [1.165, 1.54) is 4.31 Å². The second kappa shape index (κ2) is 10.4. The Labute approximate surface area is 185 Å². The van der Waals surface area contributed by atoms with Gasteiger partial charge >= 0.3 is 0 Å². The molecule has 6 nitrogen and oxygen atoms in total. The van der Waals surface area contributed by atoms with E-state index in [2.05, 4.69) is 5.32 Å². The topological polar surface area (TPSA) is 86.7 Å². The second-order valence-electron chi connectivity index (χ2n) is 8.29. The van der Waals surface area contributed by atoms with E-state index >= 15 is 0 Å². The van der Waals surface area contributed by atoms with E-state index < -0.39 is 21.5 Å². The molecule has 0 aliphatic carbocycles. The zero-order valence-electron chi connectivity index (χ0n) is 18.0. The quantitative estimate of drug-likeness (QED) is 0.623. The SMILES string of the molecule is CCCS(=O)(=O)N1CCC[C@H](C(=O)NC[C@@](O)(Cc2ccccc2)c2ccccc2)C1. The Bertz CT molecular complexity index is 950. The summed E-state index contributed by atoms with van der Waals surface area (Å²) in [6.07, 6.45) is 2.22. The highest BCUT2D eigenvalue weighted by Crippen LogP contribution is 2.26. The van der Waals surface area contributed by atoms with Gasteiger partial charge in [-0.1, -0.05) is 67.6 Å². The van der Waals surface area contributed by atoms with Crippen LogP contribution < -0.4 is 5.32 Å². The number of piperidine rings is 1. The minimum atomic E-state index is -3.32. The third kappa shape index (κ3) is 6.15. The molecule has 31 heavy (non-hydrogen) atoms. The van der Waals surface area contributed by atoms with Gasteiger partial charge in [-0.3, -0.25) is 4.79 Å². The van der Waals surface area contributed by atoms with Gasteiger partial charge in [0.25, 0.3) is 0 Å². The number of nitrogens with zero attached hydrogens (tertiary/aromatic N) is 1. The number of hydrogen-bond acceptors (Lipinski definition) is 4. The van der Waals surface area contributed by atoms with E-state index in [1.54, 1.807) is 0 Å². The minimum absolute atomic E-state index is 0.0585. The molecule has 7 heteroatoms. The second-order valence-corrected chi connectivity index (χ2v) is 10.4. The summed E-state index contributed by atoms with van der Waals surface area (Å²) in [5, 5.41) is 14.4. The lowest BCUT2D eigenvalue weighted by Crippen LogP contribution is -2.49. The van der Waals surface area contributed by atoms with Gasteiger partial charge in [0.15, 0.2) is 0 Å². The molecule has 3 rings (SSSR count). The van der Waals surface area contributed by atoms with Gasteiger partial charge in [0.2, 0.25) is 15.9 Å². The number of amides is 1. The van der Waals surface area contributed by atoms with E-state index in [0.29, 0.717) is 32.2 Å². The number of carbonyl (C=O) groups is 1. The fourth-order valence-corrected chi connectivity index (χ4v) is 5.71. The molecule has 0 bridgehead atoms. The van der Waals surface area contributed by atoms with Crippen molar-refractivity contribution in [3.8, 4) is 0 Å². The fraction of sp³-hybridized carbons (Fsp3) is 0.458. The third-order valence-electron chi connectivity index (χ3n) is 5.82. The van der Waals surface area contributed by atoms with Crippen molar-refractivity contribution < 1.29 is 18.3 Å². The van der Waals surface area contributed by atoms with Crippen LogP contribution in [0.15, 0.2) is 60.7 Å². The first kappa shape index (κ1) is 23.4. The highest BCUT2D eigenvalue weighted by molar-refractivity contribution is 7.89. The van der Waals surface area contributed by atoms with Crippen molar-refractivity contribution in [2.24, 2.45) is 5.92 Å². The fourth-order valence-electron chi connectivity index (χ4n) is 4.12. The number of nitrogens with one attached hydrogen (secondary N) is 1. The number of benzene rings is 2. The Morgan fingerprint density at radius 2 is 1.77 bits per heavy atom. The Morgan fingerprint density at radius 1 is 1.13 bits per heavy atom. The van der Waals surface area contributed by atoms with Gasteiger partial charge in [0, 0.05) is 19.5 Å². The Hall–Kier alpha value is -2.22. The maximum Gasteiger partial charge on any atom is 0.224 e. The van der Waals surface area contributed by atoms with Gasteiger partial charge in [-0.2, -0.15) is 0 Å². The van der Waals surface area contributed by atoms with Crippen molar-refractivity contribution in [3.63, 3.8) is 0 Å². The maximum atomic E-state index is 12.9. The van der Waals surface area contributed by atoms with Crippen LogP contribution in [-0.4, -0.2) is 49.1 Å². The van der Waals surface area contributed by atoms with Crippen LogP contribution in [0.4, 0.5) is 0 Å². The van der Waals surface area contributed by atoms with Crippen molar-refractivity contribution in [3.05, 3.63) is 71.8 Å². The average Bonchev–Trinajstić information content (AvgIpc) is 2.79. The predicted molar refractivity (Wildman–Crippen MR) is 122 cm³/mol. The van der Waals surface area contributed by atoms with Gasteiger partial charge in [0.05, 0.1) is 18.2 Å². The summed E-state index contributed by atoms with van der Waals surface area (Å²) in [5.41, 5.74) is 0.438. The summed E-state index contributed by atoms with van der Waals surface area (Å²) in [4.78, 5) is 12.9. The predicted octanol–water partition coefficient (Wildman–Crippen LogP) is 2.68. The molecule has 1 aliphatic rings. The van der Waals surface area contributed by atoms with Crippen LogP contribution >= 0.6 is 0 Å².